The van der Waals surface area contributed by atoms with Crippen LogP contribution < -0.4 is 10.5 Å². The smallest absolute Gasteiger partial charge is 0.213 e. The van der Waals surface area contributed by atoms with Crippen LogP contribution in [0.25, 0.3) is 10.9 Å². The fraction of sp³-hybridized carbons (Fsp3) is 0.182. The van der Waals surface area contributed by atoms with Crippen LogP contribution in [-0.4, -0.2) is 12.1 Å². The predicted molar refractivity (Wildman–Crippen MR) is 56.2 cm³/mol. The summed E-state index contributed by atoms with van der Waals surface area (Å²) in [4.78, 5) is 4.32. The van der Waals surface area contributed by atoms with Gasteiger partial charge in [0.15, 0.2) is 0 Å². The van der Waals surface area contributed by atoms with E-state index in [1.807, 2.05) is 30.3 Å². The number of hydrogen-bond donors (Lipinski definition) is 1. The lowest BCUT2D eigenvalue weighted by atomic mass is 10.1. The quantitative estimate of drug-likeness (QED) is 0.780. The number of pyridine rings is 1. The molecule has 1 heterocycles. The van der Waals surface area contributed by atoms with Crippen LogP contribution >= 0.6 is 0 Å². The number of hydrogen-bond acceptors (Lipinski definition) is 3. The van der Waals surface area contributed by atoms with Crippen LogP contribution in [-0.2, 0) is 6.54 Å². The molecule has 72 valence electrons. The van der Waals surface area contributed by atoms with E-state index in [-0.39, 0.29) is 0 Å². The molecule has 2 rings (SSSR count). The highest BCUT2D eigenvalue weighted by Crippen LogP contribution is 2.21. The molecule has 0 aliphatic heterocycles. The zero-order chi connectivity index (χ0) is 9.97. The fourth-order valence-corrected chi connectivity index (χ4v) is 1.49. The van der Waals surface area contributed by atoms with E-state index in [4.69, 9.17) is 10.5 Å². The molecule has 2 N–H and O–H groups in total. The van der Waals surface area contributed by atoms with Gasteiger partial charge in [-0.25, -0.2) is 4.98 Å². The van der Waals surface area contributed by atoms with Crippen LogP contribution in [0.15, 0.2) is 30.3 Å². The van der Waals surface area contributed by atoms with Crippen molar-refractivity contribution in [3.05, 3.63) is 35.9 Å². The van der Waals surface area contributed by atoms with E-state index in [0.29, 0.717) is 12.4 Å². The first kappa shape index (κ1) is 8.97. The molecule has 0 amide bonds. The van der Waals surface area contributed by atoms with Gasteiger partial charge in [0.1, 0.15) is 0 Å². The minimum atomic E-state index is 0.499. The van der Waals surface area contributed by atoms with Crippen LogP contribution in [0.2, 0.25) is 0 Å². The van der Waals surface area contributed by atoms with E-state index in [1.165, 1.54) is 0 Å². The molecule has 0 unspecified atom stereocenters. The zero-order valence-electron chi connectivity index (χ0n) is 8.03. The maximum Gasteiger partial charge on any atom is 0.213 e. The molecule has 1 aromatic heterocycles. The lowest BCUT2D eigenvalue weighted by Crippen LogP contribution is -1.99. The minimum Gasteiger partial charge on any atom is -0.481 e. The molecule has 0 saturated carbocycles. The Bertz CT molecular complexity index is 454. The van der Waals surface area contributed by atoms with Crippen molar-refractivity contribution in [3.63, 3.8) is 0 Å². The maximum atomic E-state index is 5.66. The predicted octanol–water partition coefficient (Wildman–Crippen LogP) is 1.70. The average Bonchev–Trinajstić information content (AvgIpc) is 2.27. The van der Waals surface area contributed by atoms with Crippen molar-refractivity contribution < 1.29 is 4.74 Å². The van der Waals surface area contributed by atoms with Crippen LogP contribution in [0.3, 0.4) is 0 Å². The van der Waals surface area contributed by atoms with Crippen molar-refractivity contribution in [1.29, 1.82) is 0 Å². The number of ether oxygens (including phenoxy) is 1. The first-order valence-corrected chi connectivity index (χ1v) is 4.48. The van der Waals surface area contributed by atoms with Crippen molar-refractivity contribution in [2.45, 2.75) is 6.54 Å². The topological polar surface area (TPSA) is 48.1 Å². The van der Waals surface area contributed by atoms with Crippen molar-refractivity contribution >= 4 is 10.9 Å². The van der Waals surface area contributed by atoms with Gasteiger partial charge >= 0.3 is 0 Å². The molecule has 3 heteroatoms. The molecular formula is C11H12N2O. The van der Waals surface area contributed by atoms with E-state index in [1.54, 1.807) is 7.11 Å². The maximum absolute atomic E-state index is 5.66. The lowest BCUT2D eigenvalue weighted by molar-refractivity contribution is 0.399. The summed E-state index contributed by atoms with van der Waals surface area (Å²) < 4.78 is 5.10. The van der Waals surface area contributed by atoms with E-state index in [9.17, 15) is 0 Å². The van der Waals surface area contributed by atoms with Gasteiger partial charge in [-0.05, 0) is 11.6 Å². The Balaban J connectivity index is 2.73. The first-order valence-electron chi connectivity index (χ1n) is 4.48. The molecule has 14 heavy (non-hydrogen) atoms. The summed E-state index contributed by atoms with van der Waals surface area (Å²) in [7, 11) is 1.61. The minimum absolute atomic E-state index is 0.499. The number of methoxy groups -OCH3 is 1. The van der Waals surface area contributed by atoms with E-state index >= 15 is 0 Å². The third-order valence-electron chi connectivity index (χ3n) is 2.21. The van der Waals surface area contributed by atoms with Gasteiger partial charge in [-0.15, -0.1) is 0 Å². The number of benzene rings is 1. The van der Waals surface area contributed by atoms with Crippen molar-refractivity contribution in [1.82, 2.24) is 4.98 Å². The van der Waals surface area contributed by atoms with Crippen LogP contribution in [0.5, 0.6) is 5.88 Å². The van der Waals surface area contributed by atoms with Crippen LogP contribution in [0, 0.1) is 0 Å². The number of fused-ring (bicyclic) bond motifs is 1. The first-order chi connectivity index (χ1) is 6.85. The highest BCUT2D eigenvalue weighted by atomic mass is 16.5. The summed E-state index contributed by atoms with van der Waals surface area (Å²) in [6.45, 7) is 0.499. The summed E-state index contributed by atoms with van der Waals surface area (Å²) >= 11 is 0. The Morgan fingerprint density at radius 1 is 1.36 bits per heavy atom. The Morgan fingerprint density at radius 3 is 2.86 bits per heavy atom. The fourth-order valence-electron chi connectivity index (χ4n) is 1.49. The second kappa shape index (κ2) is 3.64. The van der Waals surface area contributed by atoms with Crippen molar-refractivity contribution in [3.8, 4) is 5.88 Å². The highest BCUT2D eigenvalue weighted by molar-refractivity contribution is 5.82. The number of nitrogens with zero attached hydrogens (tertiary/aromatic N) is 1. The van der Waals surface area contributed by atoms with Gasteiger partial charge in [0, 0.05) is 18.0 Å². The standard InChI is InChI=1S/C11H12N2O/c1-14-11-6-8(7-12)9-4-2-3-5-10(9)13-11/h2-6H,7,12H2,1H3. The summed E-state index contributed by atoms with van der Waals surface area (Å²) in [5.41, 5.74) is 7.64. The molecule has 1 aromatic carbocycles. The second-order valence-electron chi connectivity index (χ2n) is 3.05. The third-order valence-corrected chi connectivity index (χ3v) is 2.21. The van der Waals surface area contributed by atoms with Gasteiger partial charge in [-0.2, -0.15) is 0 Å². The molecule has 0 saturated heterocycles. The molecule has 0 radical (unpaired) electrons. The number of aromatic nitrogens is 1. The Labute approximate surface area is 82.5 Å². The van der Waals surface area contributed by atoms with Gasteiger partial charge in [-0.1, -0.05) is 18.2 Å². The highest BCUT2D eigenvalue weighted by Gasteiger charge is 2.03. The molecule has 2 aromatic rings. The molecule has 0 spiro atoms. The van der Waals surface area contributed by atoms with Crippen LogP contribution in [0.4, 0.5) is 0 Å². The van der Waals surface area contributed by atoms with Crippen LogP contribution in [0.1, 0.15) is 5.56 Å². The van der Waals surface area contributed by atoms with E-state index < -0.39 is 0 Å². The monoisotopic (exact) mass is 188 g/mol. The van der Waals surface area contributed by atoms with Gasteiger partial charge in [0.2, 0.25) is 5.88 Å². The van der Waals surface area contributed by atoms with E-state index in [2.05, 4.69) is 4.98 Å². The molecule has 3 nitrogen and oxygen atoms in total. The average molecular weight is 188 g/mol. The molecular weight excluding hydrogens is 176 g/mol. The summed E-state index contributed by atoms with van der Waals surface area (Å²) in [5, 5.41) is 1.09. The molecule has 0 bridgehead atoms. The van der Waals surface area contributed by atoms with Crippen molar-refractivity contribution in [2.24, 2.45) is 5.73 Å². The largest absolute Gasteiger partial charge is 0.481 e. The van der Waals surface area contributed by atoms with Gasteiger partial charge < -0.3 is 10.5 Å². The number of rotatable bonds is 2. The molecule has 0 aliphatic rings. The number of nitrogens with two attached hydrogens (primary N) is 1. The third kappa shape index (κ3) is 1.42. The molecule has 0 aliphatic carbocycles. The molecule has 0 atom stereocenters. The van der Waals surface area contributed by atoms with Gasteiger partial charge in [0.05, 0.1) is 12.6 Å². The summed E-state index contributed by atoms with van der Waals surface area (Å²) in [6.07, 6.45) is 0. The number of para-hydroxylation sites is 1. The Hall–Kier alpha value is -1.61. The Kier molecular flexibility index (Phi) is 2.33. The van der Waals surface area contributed by atoms with Crippen molar-refractivity contribution in [2.75, 3.05) is 7.11 Å². The van der Waals surface area contributed by atoms with Gasteiger partial charge in [-0.3, -0.25) is 0 Å². The SMILES string of the molecule is COc1cc(CN)c2ccccc2n1. The lowest BCUT2D eigenvalue weighted by Gasteiger charge is -2.06. The van der Waals surface area contributed by atoms with E-state index in [0.717, 1.165) is 16.5 Å². The normalized spacial score (nSPS) is 10.4. The molecule has 0 fully saturated rings. The summed E-state index contributed by atoms with van der Waals surface area (Å²) in [5.74, 6) is 0.615. The summed E-state index contributed by atoms with van der Waals surface area (Å²) in [6, 6.07) is 9.79. The Morgan fingerprint density at radius 2 is 2.14 bits per heavy atom. The zero-order valence-corrected chi connectivity index (χ0v) is 8.03. The van der Waals surface area contributed by atoms with Gasteiger partial charge in [0.25, 0.3) is 0 Å². The second-order valence-corrected chi connectivity index (χ2v) is 3.05.